The van der Waals surface area contributed by atoms with Gasteiger partial charge in [0.2, 0.25) is 5.75 Å². The third-order valence-electron chi connectivity index (χ3n) is 2.59. The van der Waals surface area contributed by atoms with E-state index in [1.165, 1.54) is 32.4 Å². The van der Waals surface area contributed by atoms with Crippen molar-refractivity contribution in [1.82, 2.24) is 5.01 Å². The third-order valence-corrected chi connectivity index (χ3v) is 2.59. The summed E-state index contributed by atoms with van der Waals surface area (Å²) in [5, 5.41) is 15.8. The molecule has 0 aromatic heterocycles. The van der Waals surface area contributed by atoms with Crippen LogP contribution in [0.3, 0.4) is 0 Å². The Morgan fingerprint density at radius 1 is 1.39 bits per heavy atom. The largest absolute Gasteiger partial charge is 0.490 e. The van der Waals surface area contributed by atoms with Crippen LogP contribution in [0.4, 0.5) is 10.5 Å². The lowest BCUT2D eigenvalue weighted by Gasteiger charge is -2.22. The number of amidine groups is 1. The molecule has 0 spiro atoms. The summed E-state index contributed by atoms with van der Waals surface area (Å²) in [4.78, 5) is 22.3. The number of hydrogen-bond acceptors (Lipinski definition) is 6. The molecule has 0 saturated carbocycles. The highest BCUT2D eigenvalue weighted by atomic mass is 16.6. The quantitative estimate of drug-likeness (QED) is 0.392. The van der Waals surface area contributed by atoms with Gasteiger partial charge in [-0.2, -0.15) is 5.01 Å². The van der Waals surface area contributed by atoms with Gasteiger partial charge in [0, 0.05) is 13.1 Å². The number of carbonyl (C=O) groups is 1. The second-order valence-corrected chi connectivity index (χ2v) is 5.60. The van der Waals surface area contributed by atoms with E-state index in [9.17, 15) is 14.9 Å². The molecular weight excluding hydrogens is 304 g/mol. The summed E-state index contributed by atoms with van der Waals surface area (Å²) < 4.78 is 10.2. The maximum absolute atomic E-state index is 11.9. The second kappa shape index (κ2) is 6.95. The lowest BCUT2D eigenvalue weighted by molar-refractivity contribution is -0.385. The number of ether oxygens (including phenoxy) is 2. The van der Waals surface area contributed by atoms with E-state index >= 15 is 0 Å². The van der Waals surface area contributed by atoms with Gasteiger partial charge in [-0.05, 0) is 26.8 Å². The van der Waals surface area contributed by atoms with Gasteiger partial charge in [0.05, 0.1) is 17.6 Å². The van der Waals surface area contributed by atoms with Crippen LogP contribution in [0.15, 0.2) is 23.3 Å². The van der Waals surface area contributed by atoms with E-state index < -0.39 is 16.6 Å². The normalized spacial score (nSPS) is 11.8. The molecule has 9 nitrogen and oxygen atoms in total. The Morgan fingerprint density at radius 3 is 2.48 bits per heavy atom. The van der Waals surface area contributed by atoms with Crippen molar-refractivity contribution in [3.8, 4) is 5.75 Å². The minimum atomic E-state index is -0.704. The molecule has 23 heavy (non-hydrogen) atoms. The molecule has 0 saturated heterocycles. The Morgan fingerprint density at radius 2 is 2.00 bits per heavy atom. The number of nitrogens with zero attached hydrogens (tertiary/aromatic N) is 3. The van der Waals surface area contributed by atoms with Crippen molar-refractivity contribution < 1.29 is 19.2 Å². The molecule has 1 aromatic carbocycles. The van der Waals surface area contributed by atoms with Gasteiger partial charge in [0.15, 0.2) is 5.84 Å². The van der Waals surface area contributed by atoms with Gasteiger partial charge in [0.1, 0.15) is 5.60 Å². The first-order valence-corrected chi connectivity index (χ1v) is 6.69. The number of methoxy groups -OCH3 is 1. The smallest absolute Gasteiger partial charge is 0.430 e. The monoisotopic (exact) mass is 324 g/mol. The number of carbonyl (C=O) groups excluding carboxylic acids is 1. The number of amides is 1. The summed E-state index contributed by atoms with van der Waals surface area (Å²) in [6.07, 6.45) is -0.704. The average Bonchev–Trinajstić information content (AvgIpc) is 2.44. The van der Waals surface area contributed by atoms with Gasteiger partial charge in [-0.1, -0.05) is 6.07 Å². The van der Waals surface area contributed by atoms with Crippen LogP contribution in [0.2, 0.25) is 0 Å². The first-order chi connectivity index (χ1) is 10.6. The predicted molar refractivity (Wildman–Crippen MR) is 84.4 cm³/mol. The Kier molecular flexibility index (Phi) is 5.50. The molecule has 126 valence electrons. The SMILES string of the molecule is COc1c(/C(N)=N/N(C)C(=O)OC(C)(C)C)cccc1[N+](=O)[O-]. The zero-order chi connectivity index (χ0) is 17.8. The number of rotatable bonds is 4. The lowest BCUT2D eigenvalue weighted by atomic mass is 10.1. The summed E-state index contributed by atoms with van der Waals surface area (Å²) in [6, 6.07) is 4.24. The van der Waals surface area contributed by atoms with Crippen molar-refractivity contribution in [2.45, 2.75) is 26.4 Å². The summed E-state index contributed by atoms with van der Waals surface area (Å²) in [5.74, 6) is -0.143. The van der Waals surface area contributed by atoms with E-state index in [0.717, 1.165) is 5.01 Å². The van der Waals surface area contributed by atoms with E-state index in [4.69, 9.17) is 15.2 Å². The van der Waals surface area contributed by atoms with Gasteiger partial charge in [0.25, 0.3) is 0 Å². The number of para-hydroxylation sites is 1. The minimum absolute atomic E-state index is 0.0312. The maximum Gasteiger partial charge on any atom is 0.430 e. The zero-order valence-corrected chi connectivity index (χ0v) is 13.7. The average molecular weight is 324 g/mol. The second-order valence-electron chi connectivity index (χ2n) is 5.60. The van der Waals surface area contributed by atoms with Crippen LogP contribution in [-0.2, 0) is 4.74 Å². The number of hydrogen-bond donors (Lipinski definition) is 1. The highest BCUT2D eigenvalue weighted by Gasteiger charge is 2.22. The molecule has 0 bridgehead atoms. The predicted octanol–water partition coefficient (Wildman–Crippen LogP) is 2.09. The standard InChI is InChI=1S/C14H20N4O5/c1-14(2,3)23-13(19)17(4)16-12(15)9-7-6-8-10(18(20)21)11(9)22-5/h6-8H,1-5H3,(H2,15,16). The molecule has 0 aliphatic heterocycles. The zero-order valence-electron chi connectivity index (χ0n) is 13.7. The Labute approximate surface area is 133 Å². The number of hydrazone groups is 1. The summed E-state index contributed by atoms with van der Waals surface area (Å²) in [5.41, 5.74) is 5.12. The first kappa shape index (κ1) is 18.2. The summed E-state index contributed by atoms with van der Waals surface area (Å²) in [7, 11) is 2.65. The van der Waals surface area contributed by atoms with Crippen LogP contribution in [0, 0.1) is 10.1 Å². The van der Waals surface area contributed by atoms with Crippen molar-refractivity contribution in [2.75, 3.05) is 14.2 Å². The molecule has 1 rings (SSSR count). The minimum Gasteiger partial charge on any atom is -0.490 e. The van der Waals surface area contributed by atoms with Gasteiger partial charge in [-0.25, -0.2) is 4.79 Å². The molecule has 0 heterocycles. The Bertz CT molecular complexity index is 637. The van der Waals surface area contributed by atoms with Crippen molar-refractivity contribution in [3.63, 3.8) is 0 Å². The van der Waals surface area contributed by atoms with Crippen LogP contribution in [0.25, 0.3) is 0 Å². The van der Waals surface area contributed by atoms with Crippen LogP contribution in [0.1, 0.15) is 26.3 Å². The molecule has 1 aromatic rings. The fourth-order valence-corrected chi connectivity index (χ4v) is 1.67. The topological polar surface area (TPSA) is 120 Å². The molecule has 0 fully saturated rings. The third kappa shape index (κ3) is 4.83. The number of nitro groups is 1. The van der Waals surface area contributed by atoms with Crippen LogP contribution < -0.4 is 10.5 Å². The molecule has 0 atom stereocenters. The number of nitrogens with two attached hydrogens (primary N) is 1. The molecule has 0 radical (unpaired) electrons. The molecule has 9 heteroatoms. The highest BCUT2D eigenvalue weighted by molar-refractivity contribution is 6.01. The lowest BCUT2D eigenvalue weighted by Crippen LogP contribution is -2.33. The van der Waals surface area contributed by atoms with E-state index in [1.54, 1.807) is 20.8 Å². The van der Waals surface area contributed by atoms with E-state index in [-0.39, 0.29) is 22.8 Å². The van der Waals surface area contributed by atoms with Crippen molar-refractivity contribution in [1.29, 1.82) is 0 Å². The molecule has 0 aliphatic rings. The first-order valence-electron chi connectivity index (χ1n) is 6.69. The molecule has 2 N–H and O–H groups in total. The van der Waals surface area contributed by atoms with Crippen molar-refractivity contribution >= 4 is 17.6 Å². The van der Waals surface area contributed by atoms with Gasteiger partial charge < -0.3 is 15.2 Å². The maximum atomic E-state index is 11.9. The summed E-state index contributed by atoms with van der Waals surface area (Å²) >= 11 is 0. The Balaban J connectivity index is 3.14. The van der Waals surface area contributed by atoms with Crippen LogP contribution in [-0.4, -0.2) is 41.6 Å². The van der Waals surface area contributed by atoms with Gasteiger partial charge >= 0.3 is 11.8 Å². The molecule has 1 amide bonds. The molecular formula is C14H20N4O5. The number of nitro benzene ring substituents is 1. The van der Waals surface area contributed by atoms with Crippen molar-refractivity contribution in [3.05, 3.63) is 33.9 Å². The van der Waals surface area contributed by atoms with Crippen LogP contribution >= 0.6 is 0 Å². The fraction of sp³-hybridized carbons (Fsp3) is 0.429. The van der Waals surface area contributed by atoms with E-state index in [0.29, 0.717) is 0 Å². The van der Waals surface area contributed by atoms with Crippen LogP contribution in [0.5, 0.6) is 5.75 Å². The van der Waals surface area contributed by atoms with E-state index in [2.05, 4.69) is 5.10 Å². The van der Waals surface area contributed by atoms with Gasteiger partial charge in [-0.3, -0.25) is 10.1 Å². The van der Waals surface area contributed by atoms with Crippen molar-refractivity contribution in [2.24, 2.45) is 10.8 Å². The van der Waals surface area contributed by atoms with E-state index in [1.807, 2.05) is 0 Å². The number of benzene rings is 1. The molecule has 0 unspecified atom stereocenters. The molecule has 0 aliphatic carbocycles. The van der Waals surface area contributed by atoms with Gasteiger partial charge in [-0.15, -0.1) is 5.10 Å². The fourth-order valence-electron chi connectivity index (χ4n) is 1.67. The Hall–Kier alpha value is -2.84. The summed E-state index contributed by atoms with van der Waals surface area (Å²) in [6.45, 7) is 5.15. The highest BCUT2D eigenvalue weighted by Crippen LogP contribution is 2.30.